The average molecular weight is 340 g/mol. The molecule has 0 bridgehead atoms. The largest absolute Gasteiger partial charge is 0.468 e. The zero-order valence-corrected chi connectivity index (χ0v) is 12.7. The van der Waals surface area contributed by atoms with Gasteiger partial charge in [-0.05, 0) is 24.6 Å². The fraction of sp³-hybridized carbons (Fsp3) is 0.267. The first-order valence-electron chi connectivity index (χ1n) is 6.96. The first-order valence-corrected chi connectivity index (χ1v) is 6.96. The molecule has 2 amide bonds. The minimum atomic E-state index is -4.43. The maximum absolute atomic E-state index is 12.0. The standard InChI is InChI=1S/C15H15F3N4O2/c1-10(11-3-2-6-19-7-11)21-14(23)22-12-4-5-13(20-8-12)24-9-15(16,17)18/h2-8,10H,9H2,1H3,(H2,21,22,23)/t10-/m1/s1. The van der Waals surface area contributed by atoms with E-state index in [9.17, 15) is 18.0 Å². The highest BCUT2D eigenvalue weighted by atomic mass is 19.4. The molecule has 0 fully saturated rings. The van der Waals surface area contributed by atoms with E-state index in [4.69, 9.17) is 0 Å². The first-order chi connectivity index (χ1) is 11.3. The van der Waals surface area contributed by atoms with Gasteiger partial charge in [-0.15, -0.1) is 0 Å². The molecule has 2 rings (SSSR count). The van der Waals surface area contributed by atoms with Crippen LogP contribution in [0, 0.1) is 0 Å². The molecule has 9 heteroatoms. The van der Waals surface area contributed by atoms with Crippen LogP contribution in [0.1, 0.15) is 18.5 Å². The normalized spacial score (nSPS) is 12.3. The molecule has 0 saturated carbocycles. The monoisotopic (exact) mass is 340 g/mol. The summed E-state index contributed by atoms with van der Waals surface area (Å²) in [5.74, 6) is -0.179. The van der Waals surface area contributed by atoms with Gasteiger partial charge in [-0.3, -0.25) is 4.98 Å². The predicted octanol–water partition coefficient (Wildman–Crippen LogP) is 3.30. The molecule has 1 atom stereocenters. The minimum Gasteiger partial charge on any atom is -0.468 e. The van der Waals surface area contributed by atoms with Crippen molar-refractivity contribution in [2.24, 2.45) is 0 Å². The molecule has 0 spiro atoms. The topological polar surface area (TPSA) is 76.1 Å². The van der Waals surface area contributed by atoms with E-state index in [0.717, 1.165) is 5.56 Å². The zero-order valence-electron chi connectivity index (χ0n) is 12.7. The number of anilines is 1. The molecule has 0 aliphatic carbocycles. The number of aromatic nitrogens is 2. The third kappa shape index (κ3) is 5.75. The maximum Gasteiger partial charge on any atom is 0.422 e. The van der Waals surface area contributed by atoms with Crippen LogP contribution in [0.25, 0.3) is 0 Å². The summed E-state index contributed by atoms with van der Waals surface area (Å²) in [5.41, 5.74) is 1.16. The number of hydrogen-bond donors (Lipinski definition) is 2. The Balaban J connectivity index is 1.85. The van der Waals surface area contributed by atoms with Gasteiger partial charge in [0.15, 0.2) is 6.61 Å². The molecule has 0 aliphatic heterocycles. The van der Waals surface area contributed by atoms with Gasteiger partial charge in [-0.2, -0.15) is 13.2 Å². The van der Waals surface area contributed by atoms with Gasteiger partial charge in [0.1, 0.15) is 0 Å². The highest BCUT2D eigenvalue weighted by molar-refractivity contribution is 5.89. The molecule has 0 aromatic carbocycles. The van der Waals surface area contributed by atoms with E-state index in [1.54, 1.807) is 25.4 Å². The van der Waals surface area contributed by atoms with Crippen molar-refractivity contribution in [3.8, 4) is 5.88 Å². The quantitative estimate of drug-likeness (QED) is 0.876. The lowest BCUT2D eigenvalue weighted by atomic mass is 10.1. The fourth-order valence-corrected chi connectivity index (χ4v) is 1.77. The smallest absolute Gasteiger partial charge is 0.422 e. The summed E-state index contributed by atoms with van der Waals surface area (Å²) >= 11 is 0. The fourth-order valence-electron chi connectivity index (χ4n) is 1.77. The van der Waals surface area contributed by atoms with Gasteiger partial charge in [-0.25, -0.2) is 9.78 Å². The van der Waals surface area contributed by atoms with Crippen LogP contribution in [-0.2, 0) is 0 Å². The zero-order chi connectivity index (χ0) is 17.6. The van der Waals surface area contributed by atoms with Crippen LogP contribution >= 0.6 is 0 Å². The summed E-state index contributed by atoms with van der Waals surface area (Å²) in [7, 11) is 0. The third-order valence-electron chi connectivity index (χ3n) is 2.91. The molecule has 2 aromatic heterocycles. The lowest BCUT2D eigenvalue weighted by Gasteiger charge is -2.14. The second-order valence-corrected chi connectivity index (χ2v) is 4.90. The molecule has 2 aromatic rings. The SMILES string of the molecule is C[C@@H](NC(=O)Nc1ccc(OCC(F)(F)F)nc1)c1cccnc1. The molecule has 2 heterocycles. The number of carbonyl (C=O) groups excluding carboxylic acids is 1. The molecule has 0 radical (unpaired) electrons. The van der Waals surface area contributed by atoms with Crippen molar-refractivity contribution in [1.82, 2.24) is 15.3 Å². The summed E-state index contributed by atoms with van der Waals surface area (Å²) in [6.07, 6.45) is 0.0462. The number of halogens is 3. The highest BCUT2D eigenvalue weighted by Crippen LogP contribution is 2.18. The van der Waals surface area contributed by atoms with Gasteiger partial charge in [0.25, 0.3) is 0 Å². The van der Waals surface area contributed by atoms with Crippen molar-refractivity contribution in [1.29, 1.82) is 0 Å². The molecular weight excluding hydrogens is 325 g/mol. The summed E-state index contributed by atoms with van der Waals surface area (Å²) in [4.78, 5) is 19.6. The third-order valence-corrected chi connectivity index (χ3v) is 2.91. The van der Waals surface area contributed by atoms with Crippen molar-refractivity contribution in [2.75, 3.05) is 11.9 Å². The van der Waals surface area contributed by atoms with Gasteiger partial charge in [0.2, 0.25) is 5.88 Å². The predicted molar refractivity (Wildman–Crippen MR) is 80.6 cm³/mol. The van der Waals surface area contributed by atoms with E-state index in [0.29, 0.717) is 5.69 Å². The second-order valence-electron chi connectivity index (χ2n) is 4.90. The molecule has 128 valence electrons. The van der Waals surface area contributed by atoms with Crippen molar-refractivity contribution in [3.63, 3.8) is 0 Å². The van der Waals surface area contributed by atoms with Crippen LogP contribution < -0.4 is 15.4 Å². The highest BCUT2D eigenvalue weighted by Gasteiger charge is 2.28. The Kier molecular flexibility index (Phi) is 5.56. The van der Waals surface area contributed by atoms with E-state index in [2.05, 4.69) is 25.3 Å². The Labute approximate surface area is 136 Å². The molecule has 0 unspecified atom stereocenters. The number of hydrogen-bond acceptors (Lipinski definition) is 4. The summed E-state index contributed by atoms with van der Waals surface area (Å²) < 4.78 is 40.6. The number of carbonyl (C=O) groups is 1. The molecular formula is C15H15F3N4O2. The maximum atomic E-state index is 12.0. The second kappa shape index (κ2) is 7.62. The van der Waals surface area contributed by atoms with Crippen LogP contribution in [0.15, 0.2) is 42.9 Å². The van der Waals surface area contributed by atoms with E-state index in [1.165, 1.54) is 18.3 Å². The molecule has 2 N–H and O–H groups in total. The van der Waals surface area contributed by atoms with E-state index >= 15 is 0 Å². The Morgan fingerprint density at radius 1 is 1.29 bits per heavy atom. The van der Waals surface area contributed by atoms with Crippen LogP contribution in [0.3, 0.4) is 0 Å². The van der Waals surface area contributed by atoms with Crippen LogP contribution in [-0.4, -0.2) is 28.8 Å². The van der Waals surface area contributed by atoms with E-state index in [-0.39, 0.29) is 11.9 Å². The van der Waals surface area contributed by atoms with Gasteiger partial charge >= 0.3 is 12.2 Å². The summed E-state index contributed by atoms with van der Waals surface area (Å²) in [5, 5.41) is 5.24. The average Bonchev–Trinajstić information content (AvgIpc) is 2.54. The van der Waals surface area contributed by atoms with Crippen molar-refractivity contribution >= 4 is 11.7 Å². The first kappa shape index (κ1) is 17.5. The van der Waals surface area contributed by atoms with Crippen molar-refractivity contribution in [3.05, 3.63) is 48.4 Å². The number of nitrogens with zero attached hydrogens (tertiary/aromatic N) is 2. The Morgan fingerprint density at radius 2 is 2.08 bits per heavy atom. The Hall–Kier alpha value is -2.84. The molecule has 6 nitrogen and oxygen atoms in total. The number of ether oxygens (including phenoxy) is 1. The number of alkyl halides is 3. The molecule has 0 aliphatic rings. The number of pyridine rings is 2. The van der Waals surface area contributed by atoms with Crippen LogP contribution in [0.2, 0.25) is 0 Å². The van der Waals surface area contributed by atoms with Crippen LogP contribution in [0.5, 0.6) is 5.88 Å². The van der Waals surface area contributed by atoms with Gasteiger partial charge in [0, 0.05) is 18.5 Å². The van der Waals surface area contributed by atoms with E-state index in [1.807, 2.05) is 6.07 Å². The Bertz CT molecular complexity index is 663. The molecule has 24 heavy (non-hydrogen) atoms. The number of amides is 2. The Morgan fingerprint density at radius 3 is 2.67 bits per heavy atom. The molecule has 0 saturated heterocycles. The lowest BCUT2D eigenvalue weighted by Crippen LogP contribution is -2.31. The van der Waals surface area contributed by atoms with Gasteiger partial charge < -0.3 is 15.4 Å². The lowest BCUT2D eigenvalue weighted by molar-refractivity contribution is -0.154. The number of rotatable bonds is 5. The minimum absolute atomic E-state index is 0.179. The van der Waals surface area contributed by atoms with Gasteiger partial charge in [-0.1, -0.05) is 6.07 Å². The van der Waals surface area contributed by atoms with Crippen molar-refractivity contribution < 1.29 is 22.7 Å². The summed E-state index contributed by atoms with van der Waals surface area (Å²) in [6.45, 7) is 0.374. The van der Waals surface area contributed by atoms with Gasteiger partial charge in [0.05, 0.1) is 17.9 Å². The summed E-state index contributed by atoms with van der Waals surface area (Å²) in [6, 6.07) is 5.48. The van der Waals surface area contributed by atoms with Crippen molar-refractivity contribution in [2.45, 2.75) is 19.1 Å². The van der Waals surface area contributed by atoms with E-state index < -0.39 is 18.8 Å². The van der Waals surface area contributed by atoms with Crippen LogP contribution in [0.4, 0.5) is 23.7 Å². The number of urea groups is 1. The number of nitrogens with one attached hydrogen (secondary N) is 2.